The van der Waals surface area contributed by atoms with Crippen LogP contribution < -0.4 is 10.2 Å². The van der Waals surface area contributed by atoms with E-state index in [0.717, 1.165) is 128 Å². The lowest BCUT2D eigenvalue weighted by Gasteiger charge is -2.29. The van der Waals surface area contributed by atoms with Crippen molar-refractivity contribution in [2.45, 2.75) is 276 Å². The lowest BCUT2D eigenvalue weighted by molar-refractivity contribution is -0.870. The Bertz CT molecular complexity index is 2020. The van der Waals surface area contributed by atoms with Gasteiger partial charge in [-0.25, -0.2) is 0 Å². The Balaban J connectivity index is 4.22. The minimum absolute atomic E-state index is 0.0199. The number of aliphatic hydroxyl groups excluding tert-OH is 1. The fourth-order valence-corrected chi connectivity index (χ4v) is 9.97. The summed E-state index contributed by atoms with van der Waals surface area (Å²) in [6.07, 6.45) is 105. The molecular formula is C78H131N2O6P. The summed E-state index contributed by atoms with van der Waals surface area (Å²) in [5.41, 5.74) is 0. The van der Waals surface area contributed by atoms with Crippen molar-refractivity contribution in [2.24, 2.45) is 0 Å². The molecule has 2 N–H and O–H groups in total. The quantitative estimate of drug-likeness (QED) is 0.0272. The van der Waals surface area contributed by atoms with Gasteiger partial charge in [0, 0.05) is 6.42 Å². The van der Waals surface area contributed by atoms with E-state index in [1.807, 2.05) is 27.2 Å². The normalized spacial score (nSPS) is 14.7. The summed E-state index contributed by atoms with van der Waals surface area (Å²) in [5, 5.41) is 13.9. The molecule has 0 radical (unpaired) electrons. The lowest BCUT2D eigenvalue weighted by atomic mass is 10.0. The predicted octanol–water partition coefficient (Wildman–Crippen LogP) is 22.1. The van der Waals surface area contributed by atoms with Crippen LogP contribution >= 0.6 is 7.82 Å². The van der Waals surface area contributed by atoms with Crippen LogP contribution in [-0.4, -0.2) is 68.5 Å². The van der Waals surface area contributed by atoms with Gasteiger partial charge in [-0.15, -0.1) is 0 Å². The number of quaternary nitrogens is 1. The number of phosphoric acid groups is 1. The van der Waals surface area contributed by atoms with Gasteiger partial charge in [-0.05, 0) is 128 Å². The number of allylic oxidation sites excluding steroid dienone is 27. The minimum Gasteiger partial charge on any atom is -0.756 e. The van der Waals surface area contributed by atoms with Gasteiger partial charge in [0.05, 0.1) is 39.9 Å². The first-order valence-corrected chi connectivity index (χ1v) is 36.5. The van der Waals surface area contributed by atoms with Gasteiger partial charge in [0.15, 0.2) is 0 Å². The molecule has 0 aliphatic rings. The molecule has 0 aliphatic carbocycles. The van der Waals surface area contributed by atoms with Crippen LogP contribution in [0.2, 0.25) is 0 Å². The van der Waals surface area contributed by atoms with Gasteiger partial charge < -0.3 is 28.8 Å². The van der Waals surface area contributed by atoms with E-state index >= 15 is 0 Å². The SMILES string of the molecule is CC/C=C\C/C=C\C/C=C\C/C=C\C/C=C\C/C=C\C/C=C\C/C=C\C/C=C\C/C=C\C/C=C\CCCCCCCCCC(=O)NC(COP(=O)([O-])OCC[N+](C)(C)C)C(O)/C=C/CC/C=C/CC/C=C/CCCCCCCCCCCCCCCC. The van der Waals surface area contributed by atoms with Crippen molar-refractivity contribution in [3.8, 4) is 0 Å². The van der Waals surface area contributed by atoms with Crippen LogP contribution in [0.15, 0.2) is 170 Å². The van der Waals surface area contributed by atoms with Crippen molar-refractivity contribution in [3.63, 3.8) is 0 Å². The van der Waals surface area contributed by atoms with E-state index in [4.69, 9.17) is 9.05 Å². The van der Waals surface area contributed by atoms with Crippen molar-refractivity contribution in [1.29, 1.82) is 0 Å². The molecule has 3 atom stereocenters. The number of phosphoric ester groups is 1. The third-order valence-corrected chi connectivity index (χ3v) is 15.6. The molecule has 87 heavy (non-hydrogen) atoms. The zero-order chi connectivity index (χ0) is 63.4. The number of nitrogens with one attached hydrogen (secondary N) is 1. The van der Waals surface area contributed by atoms with Crippen molar-refractivity contribution >= 4 is 13.7 Å². The number of hydrogen-bond donors (Lipinski definition) is 2. The fourth-order valence-electron chi connectivity index (χ4n) is 9.25. The average Bonchev–Trinajstić information content (AvgIpc) is 3.71. The Hall–Kier alpha value is -4.14. The molecule has 494 valence electrons. The molecule has 0 aromatic rings. The number of carbonyl (C=O) groups excluding carboxylic acids is 1. The van der Waals surface area contributed by atoms with Crippen LogP contribution in [0.3, 0.4) is 0 Å². The van der Waals surface area contributed by atoms with Crippen LogP contribution in [0.1, 0.15) is 264 Å². The van der Waals surface area contributed by atoms with E-state index < -0.39 is 26.6 Å². The average molecular weight is 1220 g/mol. The number of rotatable bonds is 62. The Kier molecular flexibility index (Phi) is 63.1. The summed E-state index contributed by atoms with van der Waals surface area (Å²) in [5.74, 6) is -0.228. The Morgan fingerprint density at radius 3 is 1.07 bits per heavy atom. The maximum atomic E-state index is 13.0. The van der Waals surface area contributed by atoms with Crippen LogP contribution in [0, 0.1) is 0 Å². The van der Waals surface area contributed by atoms with E-state index in [-0.39, 0.29) is 12.5 Å². The molecule has 0 heterocycles. The molecular weight excluding hydrogens is 1090 g/mol. The zero-order valence-corrected chi connectivity index (χ0v) is 57.3. The van der Waals surface area contributed by atoms with E-state index in [1.54, 1.807) is 6.08 Å². The molecule has 0 saturated carbocycles. The number of amides is 1. The van der Waals surface area contributed by atoms with Gasteiger partial charge in [-0.2, -0.15) is 0 Å². The monoisotopic (exact) mass is 1220 g/mol. The van der Waals surface area contributed by atoms with Gasteiger partial charge in [0.2, 0.25) is 5.91 Å². The first-order chi connectivity index (χ1) is 42.5. The van der Waals surface area contributed by atoms with Gasteiger partial charge in [-0.3, -0.25) is 9.36 Å². The van der Waals surface area contributed by atoms with Gasteiger partial charge in [0.25, 0.3) is 7.82 Å². The standard InChI is InChI=1S/C78H131N2O6P/c1-6-8-10-12-14-16-18-20-22-24-26-28-30-32-33-34-35-36-37-38-39-40-41-42-43-44-45-46-47-48-50-52-54-56-58-60-62-64-66-68-70-72-78(82)79-76(75-86-87(83,84)85-74-73-80(3,4)5)77(81)71-69-67-65-63-61-59-57-55-53-51-49-31-29-27-25-23-21-19-17-15-13-11-9-7-2/h8,10,14,16,20,22,26,28,32-33,35-36,38-39,41-42,44-45,47-48,52-55,61,63,69,71,76-77,81H,6-7,9,11-13,15,17-19,21,23-25,27,29-31,34,37,40,43,46,49-51,56-60,62,64-68,70,72-75H2,1-5H3,(H-,79,82,83,84)/b10-8-,16-14-,22-20-,28-26-,33-32-,36-35-,39-38-,42-41-,45-44-,48-47-,54-52-,55-53+,63-61+,71-69+. The van der Waals surface area contributed by atoms with Crippen LogP contribution in [0.25, 0.3) is 0 Å². The first-order valence-electron chi connectivity index (χ1n) is 35.0. The Morgan fingerprint density at radius 1 is 0.414 bits per heavy atom. The van der Waals surface area contributed by atoms with Crippen molar-refractivity contribution in [3.05, 3.63) is 170 Å². The maximum absolute atomic E-state index is 13.0. The summed E-state index contributed by atoms with van der Waals surface area (Å²) in [6.45, 7) is 4.49. The van der Waals surface area contributed by atoms with Gasteiger partial charge >= 0.3 is 0 Å². The summed E-state index contributed by atoms with van der Waals surface area (Å²) in [4.78, 5) is 25.6. The number of nitrogens with zero attached hydrogens (tertiary/aromatic N) is 1. The summed E-state index contributed by atoms with van der Waals surface area (Å²) < 4.78 is 23.4. The number of likely N-dealkylation sites (N-methyl/N-ethyl adjacent to an activating group) is 1. The zero-order valence-electron chi connectivity index (χ0n) is 56.4. The van der Waals surface area contributed by atoms with Crippen molar-refractivity contribution in [1.82, 2.24) is 5.32 Å². The van der Waals surface area contributed by atoms with Crippen LogP contribution in [0.5, 0.6) is 0 Å². The molecule has 0 bridgehead atoms. The Morgan fingerprint density at radius 2 is 0.713 bits per heavy atom. The largest absolute Gasteiger partial charge is 0.756 e. The van der Waals surface area contributed by atoms with Crippen molar-refractivity contribution in [2.75, 3.05) is 40.9 Å². The summed E-state index contributed by atoms with van der Waals surface area (Å²) in [7, 11) is 1.21. The molecule has 1 amide bonds. The second kappa shape index (κ2) is 66.3. The van der Waals surface area contributed by atoms with Crippen LogP contribution in [-0.2, 0) is 18.4 Å². The molecule has 0 aromatic heterocycles. The summed E-state index contributed by atoms with van der Waals surface area (Å²) in [6, 6.07) is -0.930. The molecule has 0 aliphatic heterocycles. The van der Waals surface area contributed by atoms with Gasteiger partial charge in [0.1, 0.15) is 13.2 Å². The third kappa shape index (κ3) is 69.2. The summed E-state index contributed by atoms with van der Waals surface area (Å²) >= 11 is 0. The molecule has 0 fully saturated rings. The highest BCUT2D eigenvalue weighted by molar-refractivity contribution is 7.45. The maximum Gasteiger partial charge on any atom is 0.268 e. The topological polar surface area (TPSA) is 108 Å². The minimum atomic E-state index is -4.63. The molecule has 0 rings (SSSR count). The highest BCUT2D eigenvalue weighted by Crippen LogP contribution is 2.38. The molecule has 3 unspecified atom stereocenters. The smallest absolute Gasteiger partial charge is 0.268 e. The molecule has 9 heteroatoms. The lowest BCUT2D eigenvalue weighted by Crippen LogP contribution is -2.45. The number of carbonyl (C=O) groups is 1. The van der Waals surface area contributed by atoms with E-state index in [1.165, 1.54) is 116 Å². The van der Waals surface area contributed by atoms with E-state index in [2.05, 4.69) is 177 Å². The third-order valence-electron chi connectivity index (χ3n) is 14.6. The van der Waals surface area contributed by atoms with Gasteiger partial charge in [-0.1, -0.05) is 300 Å². The predicted molar refractivity (Wildman–Crippen MR) is 380 cm³/mol. The molecule has 8 nitrogen and oxygen atoms in total. The number of hydrogen-bond acceptors (Lipinski definition) is 6. The Labute approximate surface area is 536 Å². The van der Waals surface area contributed by atoms with E-state index in [0.29, 0.717) is 17.4 Å². The van der Waals surface area contributed by atoms with Crippen molar-refractivity contribution < 1.29 is 32.9 Å². The molecule has 0 spiro atoms. The highest BCUT2D eigenvalue weighted by atomic mass is 31.2. The highest BCUT2D eigenvalue weighted by Gasteiger charge is 2.23. The fraction of sp³-hybridized carbons (Fsp3) is 0.628. The molecule has 0 saturated heterocycles. The first kappa shape index (κ1) is 82.9. The number of aliphatic hydroxyl groups is 1. The van der Waals surface area contributed by atoms with E-state index in [9.17, 15) is 19.4 Å². The van der Waals surface area contributed by atoms with Crippen LogP contribution in [0.4, 0.5) is 0 Å². The second-order valence-electron chi connectivity index (χ2n) is 24.1. The second-order valence-corrected chi connectivity index (χ2v) is 25.5. The molecule has 0 aromatic carbocycles. The number of unbranched alkanes of at least 4 members (excludes halogenated alkanes) is 23.